The van der Waals surface area contributed by atoms with Gasteiger partial charge in [-0.25, -0.2) is 4.98 Å². The fourth-order valence-electron chi connectivity index (χ4n) is 6.35. The highest BCUT2D eigenvalue weighted by Gasteiger charge is 2.38. The molecule has 0 spiro atoms. The van der Waals surface area contributed by atoms with E-state index in [0.29, 0.717) is 37.9 Å². The summed E-state index contributed by atoms with van der Waals surface area (Å²) in [5.74, 6) is -7.69. The van der Waals surface area contributed by atoms with Crippen molar-refractivity contribution in [2.45, 2.75) is 147 Å². The highest BCUT2D eigenvalue weighted by atomic mass is 16.2. The summed E-state index contributed by atoms with van der Waals surface area (Å²) in [6, 6.07) is -10.9. The van der Waals surface area contributed by atoms with E-state index in [1.54, 1.807) is 0 Å². The smallest absolute Gasteiger partial charge is 0.245 e. The first-order chi connectivity index (χ1) is 31.0. The van der Waals surface area contributed by atoms with Gasteiger partial charge in [0.15, 0.2) is 0 Å². The van der Waals surface area contributed by atoms with Crippen molar-refractivity contribution < 1.29 is 52.7 Å². The zero-order chi connectivity index (χ0) is 49.8. The Balaban J connectivity index is 1.89. The van der Waals surface area contributed by atoms with Gasteiger partial charge >= 0.3 is 0 Å². The minimum atomic E-state index is -1.19. The number of H-pyrrole nitrogens is 1. The number of unbranched alkanes of at least 4 members (excludes halogenated alkanes) is 1. The maximum absolute atomic E-state index is 13.5. The van der Waals surface area contributed by atoms with E-state index in [9.17, 15) is 52.7 Å². The topological polar surface area (TPSA) is 406 Å². The lowest BCUT2D eigenvalue weighted by Crippen LogP contribution is -2.59. The molecular formula is C40H67N15O11. The van der Waals surface area contributed by atoms with Gasteiger partial charge in [0.2, 0.25) is 65.0 Å². The Kier molecular flexibility index (Phi) is 22.6. The number of aromatic amines is 1. The fourth-order valence-corrected chi connectivity index (χ4v) is 6.35. The summed E-state index contributed by atoms with van der Waals surface area (Å²) in [7, 11) is 0. The first-order valence-electron chi connectivity index (χ1n) is 21.7. The van der Waals surface area contributed by atoms with Crippen LogP contribution < -0.4 is 65.1 Å². The minimum absolute atomic E-state index is 0.0157. The predicted molar refractivity (Wildman–Crippen MR) is 235 cm³/mol. The van der Waals surface area contributed by atoms with Crippen molar-refractivity contribution in [3.63, 3.8) is 0 Å². The lowest BCUT2D eigenvalue weighted by Gasteiger charge is -2.29. The number of nitrogens with one attached hydrogen (secondary N) is 10. The number of primary amides is 1. The Hall–Kier alpha value is -6.70. The number of hydrogen-bond acceptors (Lipinski definition) is 14. The molecule has 2 heterocycles. The molecule has 1 aliphatic heterocycles. The molecule has 16 N–H and O–H groups in total. The number of rotatable bonds is 26. The molecule has 11 amide bonds. The van der Waals surface area contributed by atoms with Gasteiger partial charge in [-0.2, -0.15) is 0 Å². The van der Waals surface area contributed by atoms with Gasteiger partial charge in [0.05, 0.1) is 18.9 Å². The Labute approximate surface area is 382 Å². The SMILES string of the molecule is C[C@H](NC(=O)CNC(=O)[C@H](C)NC(=O)[C@H](C)NC(=O)[C@H](C)NC(=O)[C@H](C)NC(=O)[C@@H]1CCCN1C(=O)[C@H](C)NC(=O)[C@H](C)NC(=O)[C@H](Cc1cnc[nH]1)NC(=O)[C@@H](N)CCCCN)C(N)=O. The highest BCUT2D eigenvalue weighted by Crippen LogP contribution is 2.19. The monoisotopic (exact) mass is 934 g/mol. The zero-order valence-electron chi connectivity index (χ0n) is 38.4. The molecule has 1 fully saturated rings. The number of amides is 11. The van der Waals surface area contributed by atoms with E-state index in [-0.39, 0.29) is 19.4 Å². The van der Waals surface area contributed by atoms with Crippen LogP contribution in [0.3, 0.4) is 0 Å². The van der Waals surface area contributed by atoms with E-state index in [2.05, 4.69) is 57.8 Å². The number of hydrogen-bond donors (Lipinski definition) is 13. The number of carbonyl (C=O) groups is 11. The summed E-state index contributed by atoms with van der Waals surface area (Å²) in [6.07, 6.45) is 5.25. The van der Waals surface area contributed by atoms with Crippen LogP contribution in [0, 0.1) is 0 Å². The number of nitrogens with two attached hydrogens (primary N) is 3. The zero-order valence-corrected chi connectivity index (χ0v) is 38.4. The molecule has 368 valence electrons. The molecule has 1 saturated heterocycles. The standard InChI is InChI=1S/C40H67N15O11/c1-19(31(43)57)47-30(56)17-45-32(58)20(2)48-33(59)21(3)49-34(60)22(4)50-35(61)24(6)52-39(65)29-12-10-14-55(29)40(66)25(7)53-36(62)23(5)51-38(64)28(15-26-16-44-18-46-26)54-37(63)27(42)11-8-9-13-41/h16,18-25,27-29H,8-15,17,41-42H2,1-7H3,(H2,43,57)(H,44,46)(H,45,58)(H,47,56)(H,48,59)(H,49,60)(H,50,61)(H,51,64)(H,52,65)(H,53,62)(H,54,63)/t19-,20-,21-,22-,23-,24-,25-,27-,28-,29-/m0/s1. The molecule has 1 aromatic rings. The molecule has 1 aromatic heterocycles. The Morgan fingerprint density at radius 2 is 1.18 bits per heavy atom. The third-order valence-electron chi connectivity index (χ3n) is 10.5. The van der Waals surface area contributed by atoms with Crippen LogP contribution in [-0.2, 0) is 59.2 Å². The Morgan fingerprint density at radius 3 is 1.70 bits per heavy atom. The molecule has 26 heteroatoms. The van der Waals surface area contributed by atoms with Crippen LogP contribution in [0.5, 0.6) is 0 Å². The van der Waals surface area contributed by atoms with E-state index in [4.69, 9.17) is 17.2 Å². The molecule has 2 rings (SSSR count). The number of nitrogens with zero attached hydrogens (tertiary/aromatic N) is 2. The van der Waals surface area contributed by atoms with Gasteiger partial charge in [-0.3, -0.25) is 52.7 Å². The van der Waals surface area contributed by atoms with E-state index in [0.717, 1.165) is 0 Å². The molecule has 10 atom stereocenters. The van der Waals surface area contributed by atoms with E-state index in [1.165, 1.54) is 65.9 Å². The fraction of sp³-hybridized carbons (Fsp3) is 0.650. The maximum atomic E-state index is 13.5. The molecule has 0 saturated carbocycles. The Bertz CT molecular complexity index is 1900. The third-order valence-corrected chi connectivity index (χ3v) is 10.5. The van der Waals surface area contributed by atoms with Gasteiger partial charge < -0.3 is 74.9 Å². The van der Waals surface area contributed by atoms with Crippen molar-refractivity contribution in [3.8, 4) is 0 Å². The van der Waals surface area contributed by atoms with Crippen molar-refractivity contribution >= 4 is 65.0 Å². The molecule has 66 heavy (non-hydrogen) atoms. The molecule has 1 aliphatic rings. The van der Waals surface area contributed by atoms with Crippen molar-refractivity contribution in [3.05, 3.63) is 18.2 Å². The van der Waals surface area contributed by atoms with Crippen LogP contribution in [0.2, 0.25) is 0 Å². The number of carbonyl (C=O) groups excluding carboxylic acids is 11. The van der Waals surface area contributed by atoms with Crippen molar-refractivity contribution in [1.82, 2.24) is 62.7 Å². The van der Waals surface area contributed by atoms with Crippen LogP contribution in [-0.4, -0.2) is 160 Å². The van der Waals surface area contributed by atoms with Crippen LogP contribution in [0.1, 0.15) is 86.3 Å². The molecule has 0 unspecified atom stereocenters. The summed E-state index contributed by atoms with van der Waals surface area (Å²) < 4.78 is 0. The normalized spacial score (nSPS) is 17.3. The molecule has 0 radical (unpaired) electrons. The summed E-state index contributed by atoms with van der Waals surface area (Å²) >= 11 is 0. The second-order valence-corrected chi connectivity index (χ2v) is 16.2. The van der Waals surface area contributed by atoms with Crippen LogP contribution in [0.25, 0.3) is 0 Å². The van der Waals surface area contributed by atoms with Crippen molar-refractivity contribution in [1.29, 1.82) is 0 Å². The van der Waals surface area contributed by atoms with Gasteiger partial charge in [0.1, 0.15) is 54.4 Å². The first kappa shape index (κ1) is 55.4. The lowest BCUT2D eigenvalue weighted by molar-refractivity contribution is -0.142. The number of aromatic nitrogens is 2. The molecule has 0 aliphatic carbocycles. The average molecular weight is 934 g/mol. The minimum Gasteiger partial charge on any atom is -0.368 e. The third kappa shape index (κ3) is 18.1. The van der Waals surface area contributed by atoms with Crippen LogP contribution in [0.15, 0.2) is 12.5 Å². The lowest BCUT2D eigenvalue weighted by atomic mass is 10.1. The second kappa shape index (κ2) is 26.9. The van der Waals surface area contributed by atoms with E-state index in [1.807, 2.05) is 0 Å². The van der Waals surface area contributed by atoms with Gasteiger partial charge in [0.25, 0.3) is 0 Å². The molecular weight excluding hydrogens is 867 g/mol. The summed E-state index contributed by atoms with van der Waals surface area (Å²) in [6.45, 7) is 9.68. The first-order valence-corrected chi connectivity index (χ1v) is 21.7. The largest absolute Gasteiger partial charge is 0.368 e. The van der Waals surface area contributed by atoms with Gasteiger partial charge in [-0.1, -0.05) is 6.42 Å². The molecule has 0 bridgehead atoms. The van der Waals surface area contributed by atoms with Gasteiger partial charge in [0, 0.05) is 24.9 Å². The van der Waals surface area contributed by atoms with Crippen molar-refractivity contribution in [2.75, 3.05) is 19.6 Å². The molecule has 0 aromatic carbocycles. The number of imidazole rings is 1. The van der Waals surface area contributed by atoms with Crippen LogP contribution in [0.4, 0.5) is 0 Å². The highest BCUT2D eigenvalue weighted by molar-refractivity contribution is 5.98. The Morgan fingerprint density at radius 1 is 0.667 bits per heavy atom. The van der Waals surface area contributed by atoms with Crippen molar-refractivity contribution in [2.24, 2.45) is 17.2 Å². The summed E-state index contributed by atoms with van der Waals surface area (Å²) in [5.41, 5.74) is 17.2. The predicted octanol–water partition coefficient (Wildman–Crippen LogP) is -5.98. The maximum Gasteiger partial charge on any atom is 0.245 e. The van der Waals surface area contributed by atoms with Crippen LogP contribution >= 0.6 is 0 Å². The average Bonchev–Trinajstić information content (AvgIpc) is 3.98. The quantitative estimate of drug-likeness (QED) is 0.0385. The summed E-state index contributed by atoms with van der Waals surface area (Å²) in [5, 5.41) is 22.1. The van der Waals surface area contributed by atoms with E-state index < -0.39 is 132 Å². The second-order valence-electron chi connectivity index (χ2n) is 16.2. The molecule has 26 nitrogen and oxygen atoms in total. The van der Waals surface area contributed by atoms with Gasteiger partial charge in [-0.05, 0) is 80.7 Å². The van der Waals surface area contributed by atoms with Gasteiger partial charge in [-0.15, -0.1) is 0 Å². The number of likely N-dealkylation sites (tertiary alicyclic amines) is 1. The summed E-state index contributed by atoms with van der Waals surface area (Å²) in [4.78, 5) is 148. The van der Waals surface area contributed by atoms with E-state index >= 15 is 0 Å².